The molecule has 0 aromatic heterocycles. The second-order valence-electron chi connectivity index (χ2n) is 11.3. The summed E-state index contributed by atoms with van der Waals surface area (Å²) in [5.41, 5.74) is 2.67. The minimum Gasteiger partial charge on any atom is -0.493 e. The first-order chi connectivity index (χ1) is 23.8. The predicted molar refractivity (Wildman–Crippen MR) is 195 cm³/mol. The van der Waals surface area contributed by atoms with Gasteiger partial charge in [0.05, 0.1) is 49.0 Å². The van der Waals surface area contributed by atoms with Gasteiger partial charge in [-0.05, 0) is 72.5 Å². The predicted octanol–water partition coefficient (Wildman–Crippen LogP) is 6.88. The van der Waals surface area contributed by atoms with Crippen LogP contribution in [0, 0.1) is 0 Å². The fraction of sp³-hybridized carbons (Fsp3) is 0.361. The van der Waals surface area contributed by atoms with Crippen LogP contribution in [0.3, 0.4) is 0 Å². The number of nitrogens with zero attached hydrogens (tertiary/aromatic N) is 2. The van der Waals surface area contributed by atoms with Crippen molar-refractivity contribution in [1.29, 1.82) is 0 Å². The third kappa shape index (κ3) is 9.67. The quantitative estimate of drug-likeness (QED) is 0.0948. The molecule has 5 rings (SSSR count). The maximum absolute atomic E-state index is 13.6. The van der Waals surface area contributed by atoms with E-state index in [4.69, 9.17) is 47.5 Å². The van der Waals surface area contributed by atoms with Crippen molar-refractivity contribution in [1.82, 2.24) is 9.80 Å². The number of carbonyl (C=O) groups is 2. The lowest BCUT2D eigenvalue weighted by Crippen LogP contribution is -2.38. The number of halogens is 1. The number of carboxylic acid groups (broad SMARTS) is 1. The summed E-state index contributed by atoms with van der Waals surface area (Å²) in [7, 11) is 1.45. The highest BCUT2D eigenvalue weighted by Gasteiger charge is 2.32. The Morgan fingerprint density at radius 3 is 2.35 bits per heavy atom. The Kier molecular flexibility index (Phi) is 13.2. The number of carbonyl (C=O) groups excluding carboxylic acids is 1. The van der Waals surface area contributed by atoms with E-state index in [1.807, 2.05) is 49.4 Å². The highest BCUT2D eigenvalue weighted by atomic mass is 35.5. The normalized spacial score (nSPS) is 15.9. The van der Waals surface area contributed by atoms with Gasteiger partial charge in [0, 0.05) is 31.7 Å². The molecule has 1 N–H and O–H groups in total. The van der Waals surface area contributed by atoms with E-state index in [-0.39, 0.29) is 18.1 Å². The maximum Gasteiger partial charge on any atom is 0.335 e. The van der Waals surface area contributed by atoms with E-state index in [2.05, 4.69) is 4.90 Å². The number of benzene rings is 3. The fourth-order valence-electron chi connectivity index (χ4n) is 5.25. The molecule has 0 aliphatic carbocycles. The summed E-state index contributed by atoms with van der Waals surface area (Å²) in [6.45, 7) is 7.66. The van der Waals surface area contributed by atoms with E-state index < -0.39 is 5.97 Å². The lowest BCUT2D eigenvalue weighted by atomic mass is 10.0. The Morgan fingerprint density at radius 1 is 0.939 bits per heavy atom. The summed E-state index contributed by atoms with van der Waals surface area (Å²) in [5, 5.41) is 9.76. The van der Waals surface area contributed by atoms with Crippen molar-refractivity contribution >= 4 is 57.9 Å². The number of carboxylic acids is 1. The zero-order chi connectivity index (χ0) is 34.8. The Morgan fingerprint density at radius 2 is 1.63 bits per heavy atom. The smallest absolute Gasteiger partial charge is 0.335 e. The van der Waals surface area contributed by atoms with Gasteiger partial charge in [-0.3, -0.25) is 14.6 Å². The van der Waals surface area contributed by atoms with Crippen molar-refractivity contribution in [3.63, 3.8) is 0 Å². The van der Waals surface area contributed by atoms with Gasteiger partial charge in [0.1, 0.15) is 22.4 Å². The average Bonchev–Trinajstić information content (AvgIpc) is 3.37. The monoisotopic (exact) mass is 726 g/mol. The van der Waals surface area contributed by atoms with Crippen LogP contribution in [0.15, 0.2) is 59.5 Å². The van der Waals surface area contributed by atoms with Crippen LogP contribution in [-0.2, 0) is 9.53 Å². The molecule has 0 bridgehead atoms. The average molecular weight is 727 g/mol. The van der Waals surface area contributed by atoms with Crippen LogP contribution >= 0.6 is 35.6 Å². The van der Waals surface area contributed by atoms with Crippen molar-refractivity contribution in [2.45, 2.75) is 19.8 Å². The van der Waals surface area contributed by atoms with Gasteiger partial charge >= 0.3 is 5.97 Å². The summed E-state index contributed by atoms with van der Waals surface area (Å²) >= 11 is 13.4. The van der Waals surface area contributed by atoms with Crippen LogP contribution in [-0.4, -0.2) is 97.4 Å². The largest absolute Gasteiger partial charge is 0.493 e. The minimum atomic E-state index is -1.05. The Hall–Kier alpha value is -3.81. The van der Waals surface area contributed by atoms with E-state index in [1.54, 1.807) is 11.0 Å². The van der Waals surface area contributed by atoms with E-state index in [1.165, 1.54) is 31.0 Å². The van der Waals surface area contributed by atoms with Gasteiger partial charge in [0.25, 0.3) is 5.91 Å². The van der Waals surface area contributed by atoms with E-state index in [0.717, 1.165) is 42.7 Å². The first-order valence-electron chi connectivity index (χ1n) is 16.1. The van der Waals surface area contributed by atoms with Gasteiger partial charge in [-0.1, -0.05) is 54.6 Å². The zero-order valence-corrected chi connectivity index (χ0v) is 29.8. The zero-order valence-electron chi connectivity index (χ0n) is 27.4. The summed E-state index contributed by atoms with van der Waals surface area (Å²) in [6.07, 6.45) is 3.21. The molecule has 2 aliphatic rings. The first-order valence-corrected chi connectivity index (χ1v) is 17.7. The maximum atomic E-state index is 13.6. The molecule has 0 unspecified atom stereocenters. The lowest BCUT2D eigenvalue weighted by molar-refractivity contribution is -0.122. The summed E-state index contributed by atoms with van der Waals surface area (Å²) in [5.74, 6) is 0.794. The van der Waals surface area contributed by atoms with E-state index in [0.29, 0.717) is 76.6 Å². The molecule has 2 aliphatic heterocycles. The molecule has 0 saturated carbocycles. The highest BCUT2D eigenvalue weighted by Crippen LogP contribution is 2.37. The van der Waals surface area contributed by atoms with Crippen LogP contribution in [0.4, 0.5) is 0 Å². The van der Waals surface area contributed by atoms with Crippen molar-refractivity contribution in [2.24, 2.45) is 0 Å². The van der Waals surface area contributed by atoms with Crippen molar-refractivity contribution in [2.75, 3.05) is 66.3 Å². The van der Waals surface area contributed by atoms with Crippen LogP contribution in [0.2, 0.25) is 5.02 Å². The Bertz CT molecular complexity index is 1700. The van der Waals surface area contributed by atoms with Gasteiger partial charge in [0.15, 0.2) is 11.5 Å². The topological polar surface area (TPSA) is 107 Å². The number of amides is 1. The molecule has 2 saturated heterocycles. The molecule has 49 heavy (non-hydrogen) atoms. The van der Waals surface area contributed by atoms with Gasteiger partial charge in [-0.2, -0.15) is 0 Å². The molecule has 3 aromatic rings. The third-order valence-corrected chi connectivity index (χ3v) is 9.53. The van der Waals surface area contributed by atoms with Crippen molar-refractivity contribution < 1.29 is 38.4 Å². The molecule has 260 valence electrons. The van der Waals surface area contributed by atoms with E-state index >= 15 is 0 Å². The number of ether oxygens (including phenoxy) is 5. The molecule has 2 heterocycles. The highest BCUT2D eigenvalue weighted by molar-refractivity contribution is 8.26. The standard InChI is InChI=1S/C36H39ClN2O8S2/c1-3-15-45-30-9-6-25(21-28(30)37)24-5-8-29(47-19-14-38-12-17-44-18-13-38)27(20-24)23-33-34(40)39(36(48)49-33)11-4-16-46-31-10-7-26(35(41)42)22-32(31)43-2/h5-10,20-23H,3-4,11-19H2,1-2H3,(H,41,42). The van der Waals surface area contributed by atoms with Crippen LogP contribution < -0.4 is 18.9 Å². The molecular weight excluding hydrogens is 688 g/mol. The molecule has 0 atom stereocenters. The second-order valence-corrected chi connectivity index (χ2v) is 13.3. The van der Waals surface area contributed by atoms with Gasteiger partial charge in [-0.15, -0.1) is 0 Å². The molecule has 10 nitrogen and oxygen atoms in total. The number of aromatic carboxylic acids is 1. The van der Waals surface area contributed by atoms with Crippen LogP contribution in [0.5, 0.6) is 23.0 Å². The lowest BCUT2D eigenvalue weighted by Gasteiger charge is -2.26. The van der Waals surface area contributed by atoms with Crippen molar-refractivity contribution in [3.8, 4) is 34.1 Å². The summed E-state index contributed by atoms with van der Waals surface area (Å²) in [6, 6.07) is 16.0. The summed E-state index contributed by atoms with van der Waals surface area (Å²) in [4.78, 5) is 29.2. The van der Waals surface area contributed by atoms with Crippen LogP contribution in [0.1, 0.15) is 35.7 Å². The number of thiocarbonyl (C=S) groups is 1. The molecule has 3 aromatic carbocycles. The molecule has 0 spiro atoms. The first kappa shape index (κ1) is 36.5. The number of hydrogen-bond donors (Lipinski definition) is 1. The summed E-state index contributed by atoms with van der Waals surface area (Å²) < 4.78 is 29.1. The number of morpholine rings is 1. The van der Waals surface area contributed by atoms with Crippen LogP contribution in [0.25, 0.3) is 17.2 Å². The molecular formula is C36H39ClN2O8S2. The SMILES string of the molecule is CCCOc1ccc(-c2ccc(OCCN3CCOCC3)c(C=C3SC(=S)N(CCCOc4ccc(C(=O)O)cc4OC)C3=O)c2)cc1Cl. The van der Waals surface area contributed by atoms with Gasteiger partial charge in [-0.25, -0.2) is 4.79 Å². The van der Waals surface area contributed by atoms with E-state index in [9.17, 15) is 14.7 Å². The molecule has 0 radical (unpaired) electrons. The number of rotatable bonds is 16. The van der Waals surface area contributed by atoms with Gasteiger partial charge in [0.2, 0.25) is 0 Å². The molecule has 13 heteroatoms. The Balaban J connectivity index is 1.30. The number of hydrogen-bond acceptors (Lipinski definition) is 10. The molecule has 1 amide bonds. The van der Waals surface area contributed by atoms with Gasteiger partial charge < -0.3 is 28.8 Å². The minimum absolute atomic E-state index is 0.100. The third-order valence-electron chi connectivity index (χ3n) is 7.86. The Labute approximate surface area is 300 Å². The number of methoxy groups -OCH3 is 1. The number of thioether (sulfide) groups is 1. The fourth-order valence-corrected chi connectivity index (χ4v) is 6.78. The second kappa shape index (κ2) is 17.7. The van der Waals surface area contributed by atoms with Crippen molar-refractivity contribution in [3.05, 3.63) is 75.7 Å². The molecule has 2 fully saturated rings.